The van der Waals surface area contributed by atoms with E-state index in [1.807, 2.05) is 20.8 Å². The molecule has 114 valence electrons. The predicted molar refractivity (Wildman–Crippen MR) is 85.4 cm³/mol. The van der Waals surface area contributed by atoms with Gasteiger partial charge < -0.3 is 16.0 Å². The molecule has 0 saturated heterocycles. The smallest absolute Gasteiger partial charge is 0.319 e. The quantitative estimate of drug-likeness (QED) is 0.705. The topological polar surface area (TPSA) is 70.2 Å². The first-order valence-corrected chi connectivity index (χ1v) is 6.96. The molecule has 0 fully saturated rings. The SMILES string of the molecule is C=C(C)CNC(=O)Nc1ccc(C(=O)NCC(C)C)cc1. The second-order valence-corrected chi connectivity index (χ2v) is 5.45. The van der Waals surface area contributed by atoms with Crippen molar-refractivity contribution in [1.82, 2.24) is 10.6 Å². The van der Waals surface area contributed by atoms with Crippen molar-refractivity contribution in [2.24, 2.45) is 5.92 Å². The van der Waals surface area contributed by atoms with E-state index in [9.17, 15) is 9.59 Å². The van der Waals surface area contributed by atoms with Crippen LogP contribution >= 0.6 is 0 Å². The number of urea groups is 1. The highest BCUT2D eigenvalue weighted by atomic mass is 16.2. The molecule has 0 bridgehead atoms. The van der Waals surface area contributed by atoms with Gasteiger partial charge >= 0.3 is 6.03 Å². The van der Waals surface area contributed by atoms with Crippen LogP contribution in [0.25, 0.3) is 0 Å². The van der Waals surface area contributed by atoms with Gasteiger partial charge in [-0.25, -0.2) is 4.79 Å². The average Bonchev–Trinajstić information content (AvgIpc) is 2.43. The summed E-state index contributed by atoms with van der Waals surface area (Å²) < 4.78 is 0. The van der Waals surface area contributed by atoms with E-state index >= 15 is 0 Å². The third kappa shape index (κ3) is 6.61. The molecule has 0 spiro atoms. The maximum Gasteiger partial charge on any atom is 0.319 e. The van der Waals surface area contributed by atoms with E-state index in [1.165, 1.54) is 0 Å². The first-order valence-electron chi connectivity index (χ1n) is 6.96. The lowest BCUT2D eigenvalue weighted by Gasteiger charge is -2.09. The maximum absolute atomic E-state index is 11.8. The van der Waals surface area contributed by atoms with Crippen LogP contribution in [0.1, 0.15) is 31.1 Å². The highest BCUT2D eigenvalue weighted by Gasteiger charge is 2.06. The number of amides is 3. The van der Waals surface area contributed by atoms with Crippen LogP contribution in [0.15, 0.2) is 36.4 Å². The lowest BCUT2D eigenvalue weighted by molar-refractivity contribution is 0.0949. The summed E-state index contributed by atoms with van der Waals surface area (Å²) in [6, 6.07) is 6.47. The van der Waals surface area contributed by atoms with Crippen molar-refractivity contribution >= 4 is 17.6 Å². The molecule has 0 aliphatic heterocycles. The molecule has 1 aromatic carbocycles. The number of benzene rings is 1. The van der Waals surface area contributed by atoms with Gasteiger partial charge in [0.15, 0.2) is 0 Å². The van der Waals surface area contributed by atoms with Gasteiger partial charge in [-0.3, -0.25) is 4.79 Å². The van der Waals surface area contributed by atoms with Crippen LogP contribution < -0.4 is 16.0 Å². The van der Waals surface area contributed by atoms with E-state index in [0.29, 0.717) is 30.3 Å². The van der Waals surface area contributed by atoms with Crippen LogP contribution in [0.4, 0.5) is 10.5 Å². The Bertz CT molecular complexity index is 507. The van der Waals surface area contributed by atoms with E-state index in [4.69, 9.17) is 0 Å². The molecule has 1 aromatic rings. The van der Waals surface area contributed by atoms with Gasteiger partial charge in [0.2, 0.25) is 0 Å². The summed E-state index contributed by atoms with van der Waals surface area (Å²) in [5, 5.41) is 8.21. The molecule has 0 heterocycles. The Kier molecular flexibility index (Phi) is 6.46. The molecule has 5 heteroatoms. The van der Waals surface area contributed by atoms with Crippen molar-refractivity contribution in [2.75, 3.05) is 18.4 Å². The Morgan fingerprint density at radius 2 is 1.76 bits per heavy atom. The lowest BCUT2D eigenvalue weighted by Crippen LogP contribution is -2.30. The molecule has 0 radical (unpaired) electrons. The van der Waals surface area contributed by atoms with E-state index in [-0.39, 0.29) is 11.9 Å². The number of nitrogens with one attached hydrogen (secondary N) is 3. The first-order chi connectivity index (χ1) is 9.88. The summed E-state index contributed by atoms with van der Waals surface area (Å²) in [6.45, 7) is 10.7. The molecule has 3 amide bonds. The lowest BCUT2D eigenvalue weighted by atomic mass is 10.1. The van der Waals surface area contributed by atoms with Crippen LogP contribution in [0.5, 0.6) is 0 Å². The van der Waals surface area contributed by atoms with Crippen LogP contribution in [0.2, 0.25) is 0 Å². The van der Waals surface area contributed by atoms with Gasteiger partial charge in [-0.1, -0.05) is 26.0 Å². The normalized spacial score (nSPS) is 10.1. The van der Waals surface area contributed by atoms with Crippen molar-refractivity contribution in [3.05, 3.63) is 42.0 Å². The number of rotatable bonds is 6. The van der Waals surface area contributed by atoms with E-state index in [2.05, 4.69) is 22.5 Å². The number of anilines is 1. The second-order valence-electron chi connectivity index (χ2n) is 5.45. The number of carbonyl (C=O) groups excluding carboxylic acids is 2. The van der Waals surface area contributed by atoms with Crippen LogP contribution in [-0.4, -0.2) is 25.0 Å². The summed E-state index contributed by atoms with van der Waals surface area (Å²) in [7, 11) is 0. The number of hydrogen-bond donors (Lipinski definition) is 3. The van der Waals surface area contributed by atoms with Gasteiger partial charge in [0.05, 0.1) is 0 Å². The highest BCUT2D eigenvalue weighted by Crippen LogP contribution is 2.09. The fraction of sp³-hybridized carbons (Fsp3) is 0.375. The van der Waals surface area contributed by atoms with Gasteiger partial charge in [-0.2, -0.15) is 0 Å². The summed E-state index contributed by atoms with van der Waals surface area (Å²) >= 11 is 0. The second kappa shape index (κ2) is 8.09. The molecule has 0 aliphatic rings. The van der Waals surface area contributed by atoms with Crippen molar-refractivity contribution in [3.8, 4) is 0 Å². The maximum atomic E-state index is 11.8. The van der Waals surface area contributed by atoms with Gasteiger partial charge in [-0.05, 0) is 37.1 Å². The van der Waals surface area contributed by atoms with E-state index in [0.717, 1.165) is 5.57 Å². The third-order valence-electron chi connectivity index (χ3n) is 2.63. The van der Waals surface area contributed by atoms with Crippen LogP contribution in [0.3, 0.4) is 0 Å². The summed E-state index contributed by atoms with van der Waals surface area (Å²) in [4.78, 5) is 23.4. The third-order valence-corrected chi connectivity index (χ3v) is 2.63. The molecule has 21 heavy (non-hydrogen) atoms. The Labute approximate surface area is 125 Å². The van der Waals surface area contributed by atoms with Crippen molar-refractivity contribution < 1.29 is 9.59 Å². The fourth-order valence-electron chi connectivity index (χ4n) is 1.51. The zero-order chi connectivity index (χ0) is 15.8. The molecule has 5 nitrogen and oxygen atoms in total. The first kappa shape index (κ1) is 16.8. The summed E-state index contributed by atoms with van der Waals surface area (Å²) in [5.41, 5.74) is 2.08. The Morgan fingerprint density at radius 1 is 1.14 bits per heavy atom. The van der Waals surface area contributed by atoms with Gasteiger partial charge in [0.1, 0.15) is 0 Å². The molecule has 0 atom stereocenters. The molecule has 0 unspecified atom stereocenters. The Balaban J connectivity index is 2.51. The van der Waals surface area contributed by atoms with E-state index < -0.39 is 0 Å². The van der Waals surface area contributed by atoms with Crippen molar-refractivity contribution in [2.45, 2.75) is 20.8 Å². The fourth-order valence-corrected chi connectivity index (χ4v) is 1.51. The summed E-state index contributed by atoms with van der Waals surface area (Å²) in [6.07, 6.45) is 0. The molecule has 0 aliphatic carbocycles. The number of carbonyl (C=O) groups is 2. The molecule has 0 saturated carbocycles. The molecular weight excluding hydrogens is 266 g/mol. The minimum absolute atomic E-state index is 0.109. The molecular formula is C16H23N3O2. The zero-order valence-corrected chi connectivity index (χ0v) is 12.8. The summed E-state index contributed by atoms with van der Waals surface area (Å²) in [5.74, 6) is 0.300. The molecule has 3 N–H and O–H groups in total. The van der Waals surface area contributed by atoms with Crippen molar-refractivity contribution in [1.29, 1.82) is 0 Å². The van der Waals surface area contributed by atoms with Gasteiger partial charge in [0.25, 0.3) is 5.91 Å². The molecule has 1 rings (SSSR count). The van der Waals surface area contributed by atoms with Crippen LogP contribution in [0, 0.1) is 5.92 Å². The van der Waals surface area contributed by atoms with Gasteiger partial charge in [0, 0.05) is 24.3 Å². The standard InChI is InChI=1S/C16H23N3O2/c1-11(2)9-17-15(20)13-5-7-14(8-6-13)19-16(21)18-10-12(3)4/h5-8,11H,3,9-10H2,1-2,4H3,(H,17,20)(H2,18,19,21). The largest absolute Gasteiger partial charge is 0.352 e. The predicted octanol–water partition coefficient (Wildman–Crippen LogP) is 2.77. The number of hydrogen-bond acceptors (Lipinski definition) is 2. The highest BCUT2D eigenvalue weighted by molar-refractivity contribution is 5.95. The average molecular weight is 289 g/mol. The zero-order valence-electron chi connectivity index (χ0n) is 12.8. The monoisotopic (exact) mass is 289 g/mol. The minimum atomic E-state index is -0.296. The molecule has 0 aromatic heterocycles. The van der Waals surface area contributed by atoms with Crippen LogP contribution in [-0.2, 0) is 0 Å². The minimum Gasteiger partial charge on any atom is -0.352 e. The van der Waals surface area contributed by atoms with Crippen molar-refractivity contribution in [3.63, 3.8) is 0 Å². The Hall–Kier alpha value is -2.30. The van der Waals surface area contributed by atoms with E-state index in [1.54, 1.807) is 24.3 Å². The van der Waals surface area contributed by atoms with Gasteiger partial charge in [-0.15, -0.1) is 0 Å². The Morgan fingerprint density at radius 3 is 2.29 bits per heavy atom.